The Labute approximate surface area is 223 Å². The van der Waals surface area contributed by atoms with Crippen molar-refractivity contribution in [2.45, 2.75) is 57.5 Å². The number of aromatic nitrogens is 2. The van der Waals surface area contributed by atoms with Crippen molar-refractivity contribution in [3.8, 4) is 11.3 Å². The van der Waals surface area contributed by atoms with Crippen molar-refractivity contribution in [1.82, 2.24) is 19.4 Å². The number of hydrogen-bond acceptors (Lipinski definition) is 3. The molecule has 198 valence electrons. The van der Waals surface area contributed by atoms with Crippen LogP contribution in [0.15, 0.2) is 42.6 Å². The van der Waals surface area contributed by atoms with Crippen molar-refractivity contribution in [2.24, 2.45) is 0 Å². The lowest BCUT2D eigenvalue weighted by molar-refractivity contribution is 0.0696. The van der Waals surface area contributed by atoms with Gasteiger partial charge in [-0.25, -0.2) is 4.79 Å². The minimum Gasteiger partial charge on any atom is -0.478 e. The zero-order valence-electron chi connectivity index (χ0n) is 22.3. The number of amides is 1. The van der Waals surface area contributed by atoms with Crippen LogP contribution in [0.1, 0.15) is 70.7 Å². The molecule has 38 heavy (non-hydrogen) atoms. The number of carboxylic acids is 1. The molecule has 2 aromatic carbocycles. The molecule has 0 radical (unpaired) electrons. The van der Waals surface area contributed by atoms with Gasteiger partial charge in [-0.15, -0.1) is 0 Å². The van der Waals surface area contributed by atoms with E-state index in [1.54, 1.807) is 6.07 Å². The van der Waals surface area contributed by atoms with Crippen molar-refractivity contribution < 1.29 is 14.7 Å². The normalized spacial score (nSPS) is 16.0. The number of carbonyl (C=O) groups excluding carboxylic acids is 1. The molecule has 1 amide bonds. The van der Waals surface area contributed by atoms with Gasteiger partial charge >= 0.3 is 5.97 Å². The third-order valence-corrected chi connectivity index (χ3v) is 8.39. The van der Waals surface area contributed by atoms with Gasteiger partial charge in [-0.1, -0.05) is 43.5 Å². The zero-order valence-corrected chi connectivity index (χ0v) is 22.3. The molecule has 4 aromatic rings. The third-order valence-electron chi connectivity index (χ3n) is 8.39. The number of carbonyl (C=O) groups is 2. The smallest absolute Gasteiger partial charge is 0.335 e. The van der Waals surface area contributed by atoms with Crippen LogP contribution in [-0.4, -0.2) is 58.2 Å². The second-order valence-corrected chi connectivity index (χ2v) is 11.1. The Morgan fingerprint density at radius 2 is 1.84 bits per heavy atom. The third kappa shape index (κ3) is 4.19. The van der Waals surface area contributed by atoms with Crippen molar-refractivity contribution in [2.75, 3.05) is 27.2 Å². The van der Waals surface area contributed by atoms with Crippen molar-refractivity contribution in [3.63, 3.8) is 0 Å². The number of nitrogens with zero attached hydrogens (tertiary/aromatic N) is 3. The van der Waals surface area contributed by atoms with E-state index in [9.17, 15) is 14.7 Å². The number of rotatable bonds is 6. The average molecular weight is 513 g/mol. The number of benzene rings is 2. The highest BCUT2D eigenvalue weighted by Crippen LogP contribution is 2.46. The van der Waals surface area contributed by atoms with E-state index in [4.69, 9.17) is 0 Å². The molecule has 0 saturated heterocycles. The molecule has 1 saturated carbocycles. The summed E-state index contributed by atoms with van der Waals surface area (Å²) in [6, 6.07) is 12.0. The first-order chi connectivity index (χ1) is 18.4. The largest absolute Gasteiger partial charge is 0.478 e. The number of likely N-dealkylation sites (N-methyl/N-ethyl adjacent to an activating group) is 1. The average Bonchev–Trinajstić information content (AvgIpc) is 3.43. The van der Waals surface area contributed by atoms with E-state index in [-0.39, 0.29) is 5.91 Å². The molecule has 2 N–H and O–H groups in total. The number of aromatic carboxylic acids is 1. The fourth-order valence-corrected chi connectivity index (χ4v) is 6.63. The lowest BCUT2D eigenvalue weighted by Gasteiger charge is -2.25. The van der Waals surface area contributed by atoms with Gasteiger partial charge in [0, 0.05) is 54.2 Å². The van der Waals surface area contributed by atoms with E-state index >= 15 is 0 Å². The summed E-state index contributed by atoms with van der Waals surface area (Å²) in [7, 11) is 4.00. The monoisotopic (exact) mass is 512 g/mol. The van der Waals surface area contributed by atoms with Gasteiger partial charge in [0.05, 0.1) is 22.3 Å². The molecule has 1 aliphatic heterocycles. The quantitative estimate of drug-likeness (QED) is 0.347. The fourth-order valence-electron chi connectivity index (χ4n) is 6.63. The Morgan fingerprint density at radius 3 is 2.61 bits per heavy atom. The zero-order chi connectivity index (χ0) is 26.4. The van der Waals surface area contributed by atoms with E-state index in [0.29, 0.717) is 18.0 Å². The van der Waals surface area contributed by atoms with Crippen molar-refractivity contribution in [3.05, 3.63) is 59.3 Å². The molecule has 0 atom stereocenters. The molecular formula is C31H36N4O3. The molecule has 7 heteroatoms. The molecule has 2 aliphatic rings. The maximum absolute atomic E-state index is 13.3. The number of carboxylic acid groups (broad SMARTS) is 1. The molecule has 2 aromatic heterocycles. The van der Waals surface area contributed by atoms with E-state index in [0.717, 1.165) is 66.4 Å². The Bertz CT molecular complexity index is 1540. The van der Waals surface area contributed by atoms with Crippen LogP contribution in [0, 0.1) is 0 Å². The van der Waals surface area contributed by atoms with Crippen LogP contribution < -0.4 is 5.32 Å². The van der Waals surface area contributed by atoms with Crippen LogP contribution in [0.5, 0.6) is 0 Å². The lowest BCUT2D eigenvalue weighted by Crippen LogP contribution is -2.31. The van der Waals surface area contributed by atoms with Crippen molar-refractivity contribution >= 4 is 33.7 Å². The highest BCUT2D eigenvalue weighted by molar-refractivity contribution is 6.11. The van der Waals surface area contributed by atoms with Gasteiger partial charge in [0.15, 0.2) is 0 Å². The Morgan fingerprint density at radius 1 is 1.03 bits per heavy atom. The molecular weight excluding hydrogens is 476 g/mol. The number of nitrogens with one attached hydrogen (secondary N) is 1. The summed E-state index contributed by atoms with van der Waals surface area (Å²) in [6.45, 7) is 3.00. The van der Waals surface area contributed by atoms with Gasteiger partial charge in [0.25, 0.3) is 5.91 Å². The standard InChI is InChI=1S/C31H36N4O3/c1-33(2)17-14-32-30(36)25-19-34-15-7-16-35-26-18-21(31(37)38)12-13-23(26)27(20-8-4-3-5-9-20)29(35)24-11-6-10-22(25)28(24)34/h6,10-13,18-20H,3-5,7-9,14-17H2,1-2H3,(H,32,36)(H,37,38). The summed E-state index contributed by atoms with van der Waals surface area (Å²) in [5.74, 6) is -0.482. The van der Waals surface area contributed by atoms with Crippen LogP contribution in [-0.2, 0) is 13.1 Å². The first-order valence-corrected chi connectivity index (χ1v) is 13.9. The van der Waals surface area contributed by atoms with E-state index < -0.39 is 5.97 Å². The molecule has 1 fully saturated rings. The van der Waals surface area contributed by atoms with Gasteiger partial charge in [0.1, 0.15) is 0 Å². The molecule has 0 spiro atoms. The first-order valence-electron chi connectivity index (χ1n) is 13.9. The predicted octanol–water partition coefficient (Wildman–Crippen LogP) is 5.70. The predicted molar refractivity (Wildman–Crippen MR) is 151 cm³/mol. The van der Waals surface area contributed by atoms with Crippen molar-refractivity contribution in [1.29, 1.82) is 0 Å². The second-order valence-electron chi connectivity index (χ2n) is 11.1. The Kier molecular flexibility index (Phi) is 6.48. The maximum atomic E-state index is 13.3. The molecule has 3 heterocycles. The first kappa shape index (κ1) is 24.7. The highest BCUT2D eigenvalue weighted by Gasteiger charge is 2.30. The minimum absolute atomic E-state index is 0.0360. The number of hydrogen-bond donors (Lipinski definition) is 2. The van der Waals surface area contributed by atoms with E-state index in [1.807, 2.05) is 32.4 Å². The van der Waals surface area contributed by atoms with E-state index in [1.165, 1.54) is 35.9 Å². The SMILES string of the molecule is CN(C)CCNC(=O)c1cn2c3c(cccc13)-c1c(C3CCCCC3)c3ccc(C(=O)O)cc3n1CCC2. The summed E-state index contributed by atoms with van der Waals surface area (Å²) in [5.41, 5.74) is 6.87. The van der Waals surface area contributed by atoms with Gasteiger partial charge in [-0.05, 0) is 57.0 Å². The summed E-state index contributed by atoms with van der Waals surface area (Å²) in [5, 5.41) is 15.0. The van der Waals surface area contributed by atoms with Gasteiger partial charge in [-0.2, -0.15) is 0 Å². The summed E-state index contributed by atoms with van der Waals surface area (Å²) < 4.78 is 4.63. The maximum Gasteiger partial charge on any atom is 0.335 e. The van der Waals surface area contributed by atoms with Crippen LogP contribution in [0.3, 0.4) is 0 Å². The van der Waals surface area contributed by atoms with Gasteiger partial charge in [-0.3, -0.25) is 4.79 Å². The molecule has 0 unspecified atom stereocenters. The van der Waals surface area contributed by atoms with Crippen LogP contribution in [0.2, 0.25) is 0 Å². The number of fused-ring (bicyclic) bond motifs is 4. The summed E-state index contributed by atoms with van der Waals surface area (Å²) in [6.07, 6.45) is 8.97. The topological polar surface area (TPSA) is 79.5 Å². The van der Waals surface area contributed by atoms with Gasteiger partial charge < -0.3 is 24.5 Å². The Hall–Kier alpha value is -3.58. The molecule has 1 aliphatic carbocycles. The molecule has 7 nitrogen and oxygen atoms in total. The highest BCUT2D eigenvalue weighted by atomic mass is 16.4. The molecule has 0 bridgehead atoms. The van der Waals surface area contributed by atoms with Crippen LogP contribution >= 0.6 is 0 Å². The van der Waals surface area contributed by atoms with E-state index in [2.05, 4.69) is 37.5 Å². The van der Waals surface area contributed by atoms with Crippen LogP contribution in [0.4, 0.5) is 0 Å². The summed E-state index contributed by atoms with van der Waals surface area (Å²) >= 11 is 0. The summed E-state index contributed by atoms with van der Waals surface area (Å²) in [4.78, 5) is 27.2. The molecule has 6 rings (SSSR count). The number of aryl methyl sites for hydroxylation is 2. The number of para-hydroxylation sites is 1. The van der Waals surface area contributed by atoms with Crippen LogP contribution in [0.25, 0.3) is 33.1 Å². The lowest BCUT2D eigenvalue weighted by atomic mass is 9.81. The second kappa shape index (κ2) is 9.95. The fraction of sp³-hybridized carbons (Fsp3) is 0.419. The van der Waals surface area contributed by atoms with Gasteiger partial charge in [0.2, 0.25) is 0 Å². The Balaban J connectivity index is 1.58. The minimum atomic E-state index is -0.895.